The fourth-order valence-corrected chi connectivity index (χ4v) is 2.95. The lowest BCUT2D eigenvalue weighted by Gasteiger charge is -2.12. The Bertz CT molecular complexity index is 1030. The van der Waals surface area contributed by atoms with E-state index in [1.807, 2.05) is 19.9 Å². The normalized spacial score (nSPS) is 11.7. The van der Waals surface area contributed by atoms with E-state index in [0.717, 1.165) is 16.8 Å². The quantitative estimate of drug-likeness (QED) is 0.308. The van der Waals surface area contributed by atoms with Crippen LogP contribution in [0.4, 0.5) is 0 Å². The molecule has 0 atom stereocenters. The van der Waals surface area contributed by atoms with E-state index in [0.29, 0.717) is 11.1 Å². The van der Waals surface area contributed by atoms with Crippen molar-refractivity contribution in [2.75, 3.05) is 7.11 Å². The van der Waals surface area contributed by atoms with Crippen LogP contribution in [0.15, 0.2) is 60.4 Å². The number of nitrogens with one attached hydrogen (secondary N) is 1. The first-order chi connectivity index (χ1) is 13.4. The van der Waals surface area contributed by atoms with E-state index in [-0.39, 0.29) is 17.0 Å². The predicted octanol–water partition coefficient (Wildman–Crippen LogP) is 3.39. The molecule has 0 unspecified atom stereocenters. The number of rotatable bonds is 5. The maximum atomic E-state index is 12.4. The van der Waals surface area contributed by atoms with E-state index in [9.17, 15) is 9.90 Å². The fraction of sp³-hybridized carbons (Fsp3) is 0.143. The van der Waals surface area contributed by atoms with Crippen molar-refractivity contribution in [1.82, 2.24) is 15.0 Å². The topological polar surface area (TPSA) is 101 Å². The fourth-order valence-electron chi connectivity index (χ4n) is 2.95. The molecule has 1 heterocycles. The molecule has 0 aliphatic rings. The maximum absolute atomic E-state index is 12.4. The maximum Gasteiger partial charge on any atom is 0.343 e. The molecule has 142 valence electrons. The average molecular weight is 376 g/mol. The first kappa shape index (κ1) is 19.0. The summed E-state index contributed by atoms with van der Waals surface area (Å²) in [5.41, 5.74) is 3.23. The summed E-state index contributed by atoms with van der Waals surface area (Å²) < 4.78 is 6.40. The Balaban J connectivity index is 2.04. The molecule has 3 rings (SSSR count). The van der Waals surface area contributed by atoms with Crippen LogP contribution >= 0.6 is 0 Å². The van der Waals surface area contributed by atoms with Crippen molar-refractivity contribution in [3.8, 4) is 5.69 Å². The Labute approximate surface area is 162 Å². The summed E-state index contributed by atoms with van der Waals surface area (Å²) in [6, 6.07) is 12.3. The number of hydrogen-bond acceptors (Lipinski definition) is 6. The van der Waals surface area contributed by atoms with Gasteiger partial charge < -0.3 is 9.84 Å². The lowest BCUT2D eigenvalue weighted by Crippen LogP contribution is -2.17. The second-order valence-electron chi connectivity index (χ2n) is 6.36. The largest absolute Gasteiger partial charge is 0.506 e. The van der Waals surface area contributed by atoms with Gasteiger partial charge in [0.2, 0.25) is 0 Å². The molecule has 0 amide bonds. The Hall–Kier alpha value is -3.74. The van der Waals surface area contributed by atoms with E-state index in [4.69, 9.17) is 10.1 Å². The van der Waals surface area contributed by atoms with Gasteiger partial charge in [0.1, 0.15) is 11.3 Å². The summed E-state index contributed by atoms with van der Waals surface area (Å²) in [5, 5.41) is 27.0. The van der Waals surface area contributed by atoms with Crippen molar-refractivity contribution in [3.63, 3.8) is 0 Å². The van der Waals surface area contributed by atoms with Crippen molar-refractivity contribution in [1.29, 1.82) is 5.41 Å². The summed E-state index contributed by atoms with van der Waals surface area (Å²) >= 11 is 0. The highest BCUT2D eigenvalue weighted by Gasteiger charge is 2.23. The van der Waals surface area contributed by atoms with Crippen molar-refractivity contribution < 1.29 is 14.6 Å². The third-order valence-corrected chi connectivity index (χ3v) is 4.21. The van der Waals surface area contributed by atoms with Gasteiger partial charge in [-0.1, -0.05) is 34.5 Å². The molecular weight excluding hydrogens is 356 g/mol. The van der Waals surface area contributed by atoms with Crippen LogP contribution in [0.25, 0.3) is 11.4 Å². The van der Waals surface area contributed by atoms with Gasteiger partial charge in [-0.3, -0.25) is 5.41 Å². The number of aromatic nitrogens is 3. The summed E-state index contributed by atoms with van der Waals surface area (Å²) in [5.74, 6) is -1.06. The van der Waals surface area contributed by atoms with Gasteiger partial charge in [-0.05, 0) is 38.1 Å². The molecule has 3 aromatic rings. The first-order valence-corrected chi connectivity index (χ1v) is 8.57. The van der Waals surface area contributed by atoms with E-state index >= 15 is 0 Å². The van der Waals surface area contributed by atoms with E-state index in [1.165, 1.54) is 7.11 Å². The van der Waals surface area contributed by atoms with Gasteiger partial charge in [-0.15, -0.1) is 5.10 Å². The summed E-state index contributed by atoms with van der Waals surface area (Å²) in [6.07, 6.45) is 3.27. The Morgan fingerprint density at radius 2 is 1.71 bits per heavy atom. The SMILES string of the molecule is COC(=O)C(C(=N)c1ccc(-n2ccnn2)cc1)=C(O)c1cc(C)cc(C)c1. The number of benzene rings is 2. The average Bonchev–Trinajstić information content (AvgIpc) is 3.22. The van der Waals surface area contributed by atoms with Crippen molar-refractivity contribution in [3.05, 3.63) is 82.7 Å². The number of ether oxygens (including phenoxy) is 1. The monoisotopic (exact) mass is 376 g/mol. The van der Waals surface area contributed by atoms with Gasteiger partial charge in [0.25, 0.3) is 0 Å². The minimum Gasteiger partial charge on any atom is -0.506 e. The molecule has 7 nitrogen and oxygen atoms in total. The number of carbonyl (C=O) groups excluding carboxylic acids is 1. The predicted molar refractivity (Wildman–Crippen MR) is 106 cm³/mol. The molecule has 28 heavy (non-hydrogen) atoms. The Morgan fingerprint density at radius 1 is 1.07 bits per heavy atom. The Kier molecular flexibility index (Phi) is 5.35. The molecule has 7 heteroatoms. The van der Waals surface area contributed by atoms with Crippen molar-refractivity contribution >= 4 is 17.4 Å². The van der Waals surface area contributed by atoms with Gasteiger partial charge in [0, 0.05) is 11.1 Å². The number of methoxy groups -OCH3 is 1. The van der Waals surface area contributed by atoms with Gasteiger partial charge in [-0.25, -0.2) is 9.48 Å². The van der Waals surface area contributed by atoms with E-state index in [1.54, 1.807) is 53.5 Å². The van der Waals surface area contributed by atoms with Crippen LogP contribution in [-0.2, 0) is 9.53 Å². The van der Waals surface area contributed by atoms with Crippen LogP contribution in [0.2, 0.25) is 0 Å². The van der Waals surface area contributed by atoms with Crippen LogP contribution in [-0.4, -0.2) is 38.9 Å². The molecule has 0 aliphatic heterocycles. The number of nitrogens with zero attached hydrogens (tertiary/aromatic N) is 3. The van der Waals surface area contributed by atoms with Crippen molar-refractivity contribution in [2.24, 2.45) is 0 Å². The molecular formula is C21H20N4O3. The summed E-state index contributed by atoms with van der Waals surface area (Å²) in [4.78, 5) is 12.4. The zero-order valence-electron chi connectivity index (χ0n) is 15.8. The minimum absolute atomic E-state index is 0.131. The zero-order chi connectivity index (χ0) is 20.3. The summed E-state index contributed by atoms with van der Waals surface area (Å²) in [7, 11) is 1.22. The zero-order valence-corrected chi connectivity index (χ0v) is 15.8. The molecule has 0 radical (unpaired) electrons. The lowest BCUT2D eigenvalue weighted by atomic mass is 9.97. The first-order valence-electron chi connectivity index (χ1n) is 8.57. The van der Waals surface area contributed by atoms with Crippen LogP contribution in [0.1, 0.15) is 22.3 Å². The molecule has 1 aromatic heterocycles. The minimum atomic E-state index is -0.776. The van der Waals surface area contributed by atoms with Gasteiger partial charge in [-0.2, -0.15) is 0 Å². The molecule has 0 aliphatic carbocycles. The summed E-state index contributed by atoms with van der Waals surface area (Å²) in [6.45, 7) is 3.80. The molecule has 0 fully saturated rings. The molecule has 0 spiro atoms. The second-order valence-corrected chi connectivity index (χ2v) is 6.36. The van der Waals surface area contributed by atoms with Crippen LogP contribution < -0.4 is 0 Å². The van der Waals surface area contributed by atoms with E-state index < -0.39 is 5.97 Å². The number of hydrogen-bond donors (Lipinski definition) is 2. The van der Waals surface area contributed by atoms with Crippen LogP contribution in [0.5, 0.6) is 0 Å². The molecule has 0 saturated carbocycles. The number of esters is 1. The molecule has 2 N–H and O–H groups in total. The number of carbonyl (C=O) groups is 1. The van der Waals surface area contributed by atoms with Gasteiger partial charge >= 0.3 is 5.97 Å². The van der Waals surface area contributed by atoms with Crippen LogP contribution in [0, 0.1) is 19.3 Å². The standard InChI is InChI=1S/C21H20N4O3/c1-13-10-14(2)12-16(11-13)20(26)18(21(27)28-3)19(22)15-4-6-17(7-5-15)25-9-8-23-24-25/h4-12,22,26H,1-3H3. The second kappa shape index (κ2) is 7.87. The molecule has 0 saturated heterocycles. The highest BCUT2D eigenvalue weighted by atomic mass is 16.5. The van der Waals surface area contributed by atoms with Crippen molar-refractivity contribution in [2.45, 2.75) is 13.8 Å². The number of aryl methyl sites for hydroxylation is 2. The van der Waals surface area contributed by atoms with Crippen LogP contribution in [0.3, 0.4) is 0 Å². The molecule has 2 aromatic carbocycles. The number of aliphatic hydroxyl groups is 1. The third kappa shape index (κ3) is 3.83. The van der Waals surface area contributed by atoms with Gasteiger partial charge in [0.15, 0.2) is 0 Å². The number of aliphatic hydroxyl groups excluding tert-OH is 1. The van der Waals surface area contributed by atoms with E-state index in [2.05, 4.69) is 10.3 Å². The smallest absolute Gasteiger partial charge is 0.343 e. The highest BCUT2D eigenvalue weighted by Crippen LogP contribution is 2.23. The molecule has 0 bridgehead atoms. The Morgan fingerprint density at radius 3 is 2.25 bits per heavy atom. The highest BCUT2D eigenvalue weighted by molar-refractivity contribution is 6.29. The lowest BCUT2D eigenvalue weighted by molar-refractivity contribution is -0.135. The third-order valence-electron chi connectivity index (χ3n) is 4.21. The van der Waals surface area contributed by atoms with Gasteiger partial charge in [0.05, 0.1) is 30.9 Å².